The van der Waals surface area contributed by atoms with Gasteiger partial charge in [0.15, 0.2) is 11.0 Å². The van der Waals surface area contributed by atoms with Crippen molar-refractivity contribution in [3.8, 4) is 11.4 Å². The summed E-state index contributed by atoms with van der Waals surface area (Å²) < 4.78 is 12.6. The molecule has 0 spiro atoms. The van der Waals surface area contributed by atoms with Crippen LogP contribution in [0.25, 0.3) is 16.6 Å². The predicted octanol–water partition coefficient (Wildman–Crippen LogP) is 5.58. The second kappa shape index (κ2) is 8.60. The van der Waals surface area contributed by atoms with Crippen LogP contribution in [0.15, 0.2) is 56.9 Å². The van der Waals surface area contributed by atoms with E-state index in [0.29, 0.717) is 44.2 Å². The minimum atomic E-state index is -0.247. The number of hydrogen-bond acceptors (Lipinski definition) is 7. The number of halogens is 1. The third kappa shape index (κ3) is 4.25. The minimum absolute atomic E-state index is 0.216. The lowest BCUT2D eigenvalue weighted by Gasteiger charge is -2.17. The van der Waals surface area contributed by atoms with E-state index in [9.17, 15) is 4.79 Å². The van der Waals surface area contributed by atoms with Gasteiger partial charge in [-0.2, -0.15) is 4.98 Å². The molecule has 0 aliphatic carbocycles. The molecule has 4 aromatic rings. The lowest BCUT2D eigenvalue weighted by atomic mass is 9.96. The maximum atomic E-state index is 13.5. The van der Waals surface area contributed by atoms with Crippen molar-refractivity contribution in [2.75, 3.05) is 7.11 Å². The molecule has 4 rings (SSSR count). The van der Waals surface area contributed by atoms with Gasteiger partial charge >= 0.3 is 0 Å². The van der Waals surface area contributed by atoms with Crippen molar-refractivity contribution >= 4 is 34.3 Å². The van der Waals surface area contributed by atoms with E-state index in [1.807, 2.05) is 45.9 Å². The van der Waals surface area contributed by atoms with E-state index in [-0.39, 0.29) is 16.2 Å². The monoisotopic (exact) mass is 470 g/mol. The highest BCUT2D eigenvalue weighted by Gasteiger charge is 2.25. The summed E-state index contributed by atoms with van der Waals surface area (Å²) in [4.78, 5) is 22.9. The molecule has 0 fully saturated rings. The highest BCUT2D eigenvalue weighted by atomic mass is 35.5. The van der Waals surface area contributed by atoms with Crippen molar-refractivity contribution in [3.63, 3.8) is 0 Å². The maximum Gasteiger partial charge on any atom is 0.266 e. The molecule has 0 bridgehead atoms. The van der Waals surface area contributed by atoms with Crippen LogP contribution in [-0.2, 0) is 5.41 Å². The summed E-state index contributed by atoms with van der Waals surface area (Å²) in [5.74, 6) is 1.65. The van der Waals surface area contributed by atoms with Gasteiger partial charge in [-0.1, -0.05) is 61.4 Å². The smallest absolute Gasteiger partial charge is 0.266 e. The topological polar surface area (TPSA) is 83.0 Å². The Morgan fingerprint density at radius 3 is 2.59 bits per heavy atom. The fourth-order valence-corrected chi connectivity index (χ4v) is 4.27. The van der Waals surface area contributed by atoms with E-state index in [2.05, 4.69) is 10.1 Å². The average Bonchev–Trinajstić information content (AvgIpc) is 3.25. The Morgan fingerprint density at radius 2 is 1.91 bits per heavy atom. The molecule has 0 aliphatic rings. The first kappa shape index (κ1) is 22.4. The largest absolute Gasteiger partial charge is 0.495 e. The van der Waals surface area contributed by atoms with E-state index in [0.717, 1.165) is 0 Å². The Labute approximate surface area is 194 Å². The highest BCUT2D eigenvalue weighted by molar-refractivity contribution is 7.99. The number of aromatic nitrogens is 4. The fraction of sp³-hybridized carbons (Fsp3) is 0.304. The Bertz CT molecular complexity index is 1340. The van der Waals surface area contributed by atoms with Crippen molar-refractivity contribution in [1.82, 2.24) is 19.7 Å². The molecule has 0 radical (unpaired) electrons. The molecule has 9 heteroatoms. The summed E-state index contributed by atoms with van der Waals surface area (Å²) in [6.45, 7) is 8.00. The molecule has 0 saturated carbocycles. The maximum absolute atomic E-state index is 13.5. The van der Waals surface area contributed by atoms with Crippen LogP contribution in [0.3, 0.4) is 0 Å². The molecule has 7 nitrogen and oxygen atoms in total. The number of benzene rings is 2. The normalized spacial score (nSPS) is 12.8. The number of fused-ring (bicyclic) bond motifs is 1. The number of hydrogen-bond donors (Lipinski definition) is 0. The predicted molar refractivity (Wildman–Crippen MR) is 126 cm³/mol. The van der Waals surface area contributed by atoms with E-state index >= 15 is 0 Å². The van der Waals surface area contributed by atoms with E-state index in [1.54, 1.807) is 35.9 Å². The van der Waals surface area contributed by atoms with E-state index in [1.165, 1.54) is 11.8 Å². The van der Waals surface area contributed by atoms with Crippen LogP contribution >= 0.6 is 23.4 Å². The number of thioether (sulfide) groups is 1. The van der Waals surface area contributed by atoms with Gasteiger partial charge < -0.3 is 9.26 Å². The highest BCUT2D eigenvalue weighted by Crippen LogP contribution is 2.36. The fourth-order valence-electron chi connectivity index (χ4n) is 3.16. The first-order valence-corrected chi connectivity index (χ1v) is 11.3. The van der Waals surface area contributed by atoms with Crippen LogP contribution in [-0.4, -0.2) is 26.8 Å². The van der Waals surface area contributed by atoms with Crippen LogP contribution in [0, 0.1) is 0 Å². The van der Waals surface area contributed by atoms with Crippen LogP contribution in [0.1, 0.15) is 44.7 Å². The molecule has 2 aromatic heterocycles. The van der Waals surface area contributed by atoms with Crippen LogP contribution in [0.4, 0.5) is 0 Å². The SMILES string of the molecule is COc1ccccc1-n1c(SC(C)c2nc(C(C)(C)C)no2)nc2cc(Cl)ccc2c1=O. The number of nitrogens with zero attached hydrogens (tertiary/aromatic N) is 4. The molecule has 1 atom stereocenters. The van der Waals surface area contributed by atoms with Gasteiger partial charge in [-0.05, 0) is 37.3 Å². The quantitative estimate of drug-likeness (QED) is 0.278. The molecule has 32 heavy (non-hydrogen) atoms. The Kier molecular flexibility index (Phi) is 6.01. The summed E-state index contributed by atoms with van der Waals surface area (Å²) in [5.41, 5.74) is 0.667. The zero-order valence-corrected chi connectivity index (χ0v) is 20.0. The molecule has 2 heterocycles. The number of rotatable bonds is 5. The van der Waals surface area contributed by atoms with Crippen LogP contribution < -0.4 is 10.3 Å². The van der Waals surface area contributed by atoms with E-state index < -0.39 is 0 Å². The second-order valence-electron chi connectivity index (χ2n) is 8.33. The van der Waals surface area contributed by atoms with Crippen molar-refractivity contribution < 1.29 is 9.26 Å². The molecule has 0 aliphatic heterocycles. The van der Waals surface area contributed by atoms with Gasteiger partial charge in [0.05, 0.1) is 29.0 Å². The van der Waals surface area contributed by atoms with Crippen LogP contribution in [0.5, 0.6) is 5.75 Å². The van der Waals surface area contributed by atoms with Gasteiger partial charge in [0.1, 0.15) is 5.75 Å². The Morgan fingerprint density at radius 1 is 1.16 bits per heavy atom. The van der Waals surface area contributed by atoms with Crippen molar-refractivity contribution in [2.24, 2.45) is 0 Å². The number of ether oxygens (including phenoxy) is 1. The molecule has 0 N–H and O–H groups in total. The summed E-state index contributed by atoms with van der Waals surface area (Å²) in [6, 6.07) is 12.4. The average molecular weight is 471 g/mol. The third-order valence-electron chi connectivity index (χ3n) is 4.87. The lowest BCUT2D eigenvalue weighted by molar-refractivity contribution is 0.364. The van der Waals surface area contributed by atoms with Gasteiger partial charge in [-0.25, -0.2) is 4.98 Å². The molecule has 166 valence electrons. The van der Waals surface area contributed by atoms with Gasteiger partial charge in [0.2, 0.25) is 5.89 Å². The van der Waals surface area contributed by atoms with Gasteiger partial charge in [-0.15, -0.1) is 0 Å². The minimum Gasteiger partial charge on any atom is -0.495 e. The van der Waals surface area contributed by atoms with Gasteiger partial charge in [0.25, 0.3) is 5.56 Å². The molecule has 0 amide bonds. The van der Waals surface area contributed by atoms with E-state index in [4.69, 9.17) is 25.8 Å². The Hall–Kier alpha value is -2.84. The standard InChI is InChI=1S/C23H23ClN4O3S/c1-13(19-26-21(27-31-19)23(2,3)4)32-22-25-16-12-14(24)10-11-15(16)20(29)28(22)17-8-6-7-9-18(17)30-5/h6-13H,1-5H3. The zero-order valence-electron chi connectivity index (χ0n) is 18.4. The molecule has 0 saturated heterocycles. The molecule has 2 aromatic carbocycles. The summed E-state index contributed by atoms with van der Waals surface area (Å²) in [7, 11) is 1.57. The van der Waals surface area contributed by atoms with Gasteiger partial charge in [-0.3, -0.25) is 9.36 Å². The summed E-state index contributed by atoms with van der Waals surface area (Å²) in [6.07, 6.45) is 0. The second-order valence-corrected chi connectivity index (χ2v) is 10.1. The first-order chi connectivity index (χ1) is 15.2. The third-order valence-corrected chi connectivity index (χ3v) is 6.14. The van der Waals surface area contributed by atoms with Crippen molar-refractivity contribution in [3.05, 3.63) is 69.6 Å². The van der Waals surface area contributed by atoms with Crippen molar-refractivity contribution in [1.29, 1.82) is 0 Å². The number of methoxy groups -OCH3 is 1. The summed E-state index contributed by atoms with van der Waals surface area (Å²) >= 11 is 7.52. The molecular weight excluding hydrogens is 448 g/mol. The Balaban J connectivity index is 1.87. The summed E-state index contributed by atoms with van der Waals surface area (Å²) in [5, 5.41) is 5.31. The lowest BCUT2D eigenvalue weighted by Crippen LogP contribution is -2.22. The van der Waals surface area contributed by atoms with Gasteiger partial charge in [0, 0.05) is 10.4 Å². The molecular formula is C23H23ClN4O3S. The van der Waals surface area contributed by atoms with Crippen molar-refractivity contribution in [2.45, 2.75) is 43.5 Å². The number of para-hydroxylation sites is 2. The zero-order chi connectivity index (χ0) is 23.0. The first-order valence-electron chi connectivity index (χ1n) is 10.1. The molecule has 1 unspecified atom stereocenters. The van der Waals surface area contributed by atoms with Crippen LogP contribution in [0.2, 0.25) is 5.02 Å².